The predicted molar refractivity (Wildman–Crippen MR) is 97.7 cm³/mol. The first-order valence-electron chi connectivity index (χ1n) is 9.08. The molecule has 0 spiro atoms. The van der Waals surface area contributed by atoms with Crippen LogP contribution in [-0.2, 0) is 19.6 Å². The first-order chi connectivity index (χ1) is 13.5. The third kappa shape index (κ3) is 5.69. The van der Waals surface area contributed by atoms with Crippen LogP contribution in [0.2, 0.25) is 0 Å². The second-order valence-corrected chi connectivity index (χ2v) is 8.66. The molecule has 1 aliphatic heterocycles. The lowest BCUT2D eigenvalue weighted by Crippen LogP contribution is -2.52. The van der Waals surface area contributed by atoms with Crippen LogP contribution in [-0.4, -0.2) is 68.0 Å². The highest BCUT2D eigenvalue weighted by molar-refractivity contribution is 7.89. The van der Waals surface area contributed by atoms with Crippen LogP contribution >= 0.6 is 0 Å². The molecule has 162 valence electrons. The number of carbonyl (C=O) groups excluding carboxylic acids is 2. The van der Waals surface area contributed by atoms with E-state index in [9.17, 15) is 31.2 Å². The fraction of sp³-hybridized carbons (Fsp3) is 0.556. The van der Waals surface area contributed by atoms with E-state index < -0.39 is 34.2 Å². The third-order valence-corrected chi connectivity index (χ3v) is 6.37. The summed E-state index contributed by atoms with van der Waals surface area (Å²) in [5, 5.41) is 0. The van der Waals surface area contributed by atoms with Gasteiger partial charge >= 0.3 is 12.3 Å². The molecule has 1 fully saturated rings. The topological polar surface area (TPSA) is 84.0 Å². The minimum Gasteiger partial charge on any atom is -0.428 e. The highest BCUT2D eigenvalue weighted by Crippen LogP contribution is 2.26. The standard InChI is InChI=1S/C18H23F3N2O5S/c1-3-4-15(24)16(18(19,20)21)28-17(25)22-9-11-23(12-10-22)29(26,27)14-7-5-13(2)6-8-14/h5-8,16H,3-4,9-12H2,1-2H3. The number of benzene rings is 1. The number of amides is 1. The number of Topliss-reactive ketones (excluding diaryl/α,β-unsaturated/α-hetero) is 1. The summed E-state index contributed by atoms with van der Waals surface area (Å²) in [6.45, 7) is 2.89. The molecule has 1 atom stereocenters. The van der Waals surface area contributed by atoms with Gasteiger partial charge in [0.15, 0.2) is 5.78 Å². The highest BCUT2D eigenvalue weighted by Gasteiger charge is 2.48. The van der Waals surface area contributed by atoms with Crippen LogP contribution in [0.4, 0.5) is 18.0 Å². The van der Waals surface area contributed by atoms with Crippen molar-refractivity contribution in [2.45, 2.75) is 43.9 Å². The first-order valence-corrected chi connectivity index (χ1v) is 10.5. The van der Waals surface area contributed by atoms with Gasteiger partial charge in [-0.1, -0.05) is 24.6 Å². The van der Waals surface area contributed by atoms with Gasteiger partial charge in [0.05, 0.1) is 4.90 Å². The number of ketones is 1. The Morgan fingerprint density at radius 2 is 1.66 bits per heavy atom. The van der Waals surface area contributed by atoms with Crippen LogP contribution in [0.1, 0.15) is 25.3 Å². The molecule has 1 amide bonds. The van der Waals surface area contributed by atoms with E-state index in [-0.39, 0.29) is 43.9 Å². The first kappa shape index (κ1) is 23.1. The number of ether oxygens (including phenoxy) is 1. The fourth-order valence-corrected chi connectivity index (χ4v) is 4.26. The molecule has 0 radical (unpaired) electrons. The van der Waals surface area contributed by atoms with Gasteiger partial charge in [-0.3, -0.25) is 4.79 Å². The van der Waals surface area contributed by atoms with E-state index in [1.807, 2.05) is 6.92 Å². The molecule has 1 heterocycles. The minimum atomic E-state index is -5.00. The van der Waals surface area contributed by atoms with Crippen molar-refractivity contribution in [3.63, 3.8) is 0 Å². The highest BCUT2D eigenvalue weighted by atomic mass is 32.2. The van der Waals surface area contributed by atoms with E-state index in [2.05, 4.69) is 4.74 Å². The molecule has 0 saturated carbocycles. The smallest absolute Gasteiger partial charge is 0.428 e. The van der Waals surface area contributed by atoms with Crippen molar-refractivity contribution in [3.05, 3.63) is 29.8 Å². The van der Waals surface area contributed by atoms with Crippen LogP contribution in [0.15, 0.2) is 29.2 Å². The van der Waals surface area contributed by atoms with Crippen LogP contribution in [0.3, 0.4) is 0 Å². The largest absolute Gasteiger partial charge is 0.432 e. The van der Waals surface area contributed by atoms with Crippen molar-refractivity contribution in [2.75, 3.05) is 26.2 Å². The van der Waals surface area contributed by atoms with Gasteiger partial charge in [0.2, 0.25) is 10.0 Å². The maximum absolute atomic E-state index is 13.1. The van der Waals surface area contributed by atoms with Crippen LogP contribution < -0.4 is 0 Å². The summed E-state index contributed by atoms with van der Waals surface area (Å²) in [4.78, 5) is 24.9. The number of aryl methyl sites for hydroxylation is 1. The van der Waals surface area contributed by atoms with E-state index in [4.69, 9.17) is 0 Å². The van der Waals surface area contributed by atoms with E-state index in [1.165, 1.54) is 12.1 Å². The Morgan fingerprint density at radius 1 is 1.10 bits per heavy atom. The summed E-state index contributed by atoms with van der Waals surface area (Å²) in [5.41, 5.74) is 0.897. The van der Waals surface area contributed by atoms with Gasteiger partial charge in [-0.2, -0.15) is 17.5 Å². The van der Waals surface area contributed by atoms with Crippen molar-refractivity contribution < 1.29 is 35.9 Å². The van der Waals surface area contributed by atoms with Gasteiger partial charge in [0, 0.05) is 32.6 Å². The molecule has 1 aromatic rings. The summed E-state index contributed by atoms with van der Waals surface area (Å²) in [6.07, 6.45) is -9.27. The zero-order valence-electron chi connectivity index (χ0n) is 16.1. The summed E-state index contributed by atoms with van der Waals surface area (Å²) in [6, 6.07) is 6.26. The number of hydrogen-bond acceptors (Lipinski definition) is 5. The monoisotopic (exact) mass is 436 g/mol. The van der Waals surface area contributed by atoms with Gasteiger partial charge < -0.3 is 9.64 Å². The van der Waals surface area contributed by atoms with Gasteiger partial charge in [-0.25, -0.2) is 13.2 Å². The Hall–Kier alpha value is -2.14. The number of alkyl halides is 3. The molecular formula is C18H23F3N2O5S. The lowest BCUT2D eigenvalue weighted by molar-refractivity contribution is -0.205. The molecule has 7 nitrogen and oxygen atoms in total. The van der Waals surface area contributed by atoms with E-state index in [0.29, 0.717) is 0 Å². The average molecular weight is 436 g/mol. The van der Waals surface area contributed by atoms with Crippen LogP contribution in [0.5, 0.6) is 0 Å². The number of sulfonamides is 1. The normalized spacial score (nSPS) is 17.1. The summed E-state index contributed by atoms with van der Waals surface area (Å²) >= 11 is 0. The quantitative estimate of drug-likeness (QED) is 0.685. The van der Waals surface area contributed by atoms with Crippen LogP contribution in [0.25, 0.3) is 0 Å². The predicted octanol–water partition coefficient (Wildman–Crippen LogP) is 2.74. The zero-order valence-corrected chi connectivity index (χ0v) is 16.9. The minimum absolute atomic E-state index is 0.0924. The summed E-state index contributed by atoms with van der Waals surface area (Å²) in [5.74, 6) is -1.21. The third-order valence-electron chi connectivity index (χ3n) is 4.46. The lowest BCUT2D eigenvalue weighted by atomic mass is 10.1. The molecule has 2 rings (SSSR count). The number of halogens is 3. The Bertz CT molecular complexity index is 832. The fourth-order valence-electron chi connectivity index (χ4n) is 2.84. The second-order valence-electron chi connectivity index (χ2n) is 6.73. The SMILES string of the molecule is CCCC(=O)C(OC(=O)N1CCN(S(=O)(=O)c2ccc(C)cc2)CC1)C(F)(F)F. The molecular weight excluding hydrogens is 413 g/mol. The molecule has 0 aliphatic carbocycles. The van der Waals surface area contributed by atoms with Crippen molar-refractivity contribution in [3.8, 4) is 0 Å². The zero-order chi connectivity index (χ0) is 21.8. The van der Waals surface area contributed by atoms with Gasteiger partial charge in [0.25, 0.3) is 6.10 Å². The Labute approximate surface area is 167 Å². The number of rotatable bonds is 6. The number of carbonyl (C=O) groups is 2. The molecule has 0 bridgehead atoms. The maximum Gasteiger partial charge on any atom is 0.432 e. The number of hydrogen-bond donors (Lipinski definition) is 0. The second kappa shape index (κ2) is 9.12. The van der Waals surface area contributed by atoms with Crippen molar-refractivity contribution in [2.24, 2.45) is 0 Å². The molecule has 29 heavy (non-hydrogen) atoms. The average Bonchev–Trinajstić information content (AvgIpc) is 2.65. The number of nitrogens with zero attached hydrogens (tertiary/aromatic N) is 2. The Morgan fingerprint density at radius 3 is 2.14 bits per heavy atom. The summed E-state index contributed by atoms with van der Waals surface area (Å²) in [7, 11) is -3.77. The molecule has 1 aliphatic rings. The molecule has 1 unspecified atom stereocenters. The molecule has 1 aromatic carbocycles. The summed E-state index contributed by atoms with van der Waals surface area (Å²) < 4.78 is 70.0. The van der Waals surface area contributed by atoms with E-state index >= 15 is 0 Å². The molecule has 0 N–H and O–H groups in total. The Balaban J connectivity index is 2.01. The van der Waals surface area contributed by atoms with Crippen molar-refractivity contribution >= 4 is 21.9 Å². The molecule has 11 heteroatoms. The van der Waals surface area contributed by atoms with Crippen molar-refractivity contribution in [1.82, 2.24) is 9.21 Å². The number of piperazine rings is 1. The molecule has 0 aromatic heterocycles. The maximum atomic E-state index is 13.1. The molecule has 1 saturated heterocycles. The van der Waals surface area contributed by atoms with E-state index in [1.54, 1.807) is 19.1 Å². The Kier molecular flexibility index (Phi) is 7.28. The lowest BCUT2D eigenvalue weighted by Gasteiger charge is -2.34. The van der Waals surface area contributed by atoms with Gasteiger partial charge in [0.1, 0.15) is 0 Å². The van der Waals surface area contributed by atoms with Crippen LogP contribution in [0, 0.1) is 6.92 Å². The van der Waals surface area contributed by atoms with Gasteiger partial charge in [-0.15, -0.1) is 0 Å². The van der Waals surface area contributed by atoms with Crippen molar-refractivity contribution in [1.29, 1.82) is 0 Å². The van der Waals surface area contributed by atoms with Gasteiger partial charge in [-0.05, 0) is 25.5 Å². The van der Waals surface area contributed by atoms with E-state index in [0.717, 1.165) is 14.8 Å².